The van der Waals surface area contributed by atoms with Crippen molar-refractivity contribution < 1.29 is 14.3 Å². The van der Waals surface area contributed by atoms with Crippen LogP contribution in [0, 0.1) is 5.92 Å². The lowest BCUT2D eigenvalue weighted by Gasteiger charge is -2.41. The van der Waals surface area contributed by atoms with E-state index in [-0.39, 0.29) is 12.5 Å². The first-order valence-electron chi connectivity index (χ1n) is 7.07. The Balaban J connectivity index is 2.12. The minimum Gasteiger partial charge on any atom is -0.486 e. The van der Waals surface area contributed by atoms with E-state index in [1.807, 2.05) is 19.9 Å². The van der Waals surface area contributed by atoms with Crippen molar-refractivity contribution in [2.24, 2.45) is 11.0 Å². The van der Waals surface area contributed by atoms with Crippen LogP contribution < -0.4 is 0 Å². The molecule has 0 bridgehead atoms. The lowest BCUT2D eigenvalue weighted by Crippen LogP contribution is -2.42. The number of Topliss-reactive ketones (excluding diaryl/α,β-unsaturated/α-hetero) is 2. The van der Waals surface area contributed by atoms with Crippen molar-refractivity contribution in [2.45, 2.75) is 25.9 Å². The molecule has 0 radical (unpaired) electrons. The first-order chi connectivity index (χ1) is 10.5. The van der Waals surface area contributed by atoms with Gasteiger partial charge in [0.2, 0.25) is 11.6 Å². The maximum Gasteiger partial charge on any atom is 0.234 e. The number of hydrogen-bond donors (Lipinski definition) is 0. The number of ether oxygens (including phenoxy) is 1. The third-order valence-corrected chi connectivity index (χ3v) is 4.33. The van der Waals surface area contributed by atoms with Crippen molar-refractivity contribution in [1.82, 2.24) is 0 Å². The first kappa shape index (κ1) is 14.4. The Morgan fingerprint density at radius 2 is 1.95 bits per heavy atom. The third kappa shape index (κ3) is 2.09. The zero-order chi connectivity index (χ0) is 15.9. The number of ketones is 2. The molecule has 1 aliphatic carbocycles. The van der Waals surface area contributed by atoms with E-state index >= 15 is 0 Å². The number of benzene rings is 1. The van der Waals surface area contributed by atoms with Crippen LogP contribution in [-0.2, 0) is 9.53 Å². The number of carbonyl (C=O) groups excluding carboxylic acids is 2. The molecule has 1 atom stereocenters. The van der Waals surface area contributed by atoms with Gasteiger partial charge >= 0.3 is 0 Å². The molecule has 1 aliphatic heterocycles. The van der Waals surface area contributed by atoms with Gasteiger partial charge in [-0.05, 0) is 25.8 Å². The van der Waals surface area contributed by atoms with Gasteiger partial charge in [0.1, 0.15) is 11.4 Å². The fraction of sp³-hybridized carbons (Fsp3) is 0.375. The van der Waals surface area contributed by atoms with Crippen LogP contribution in [0.4, 0.5) is 0 Å². The van der Waals surface area contributed by atoms with Crippen LogP contribution in [0.1, 0.15) is 36.2 Å². The molecule has 0 fully saturated rings. The van der Waals surface area contributed by atoms with E-state index in [4.69, 9.17) is 10.3 Å². The van der Waals surface area contributed by atoms with Gasteiger partial charge in [0.25, 0.3) is 0 Å². The average molecular weight is 297 g/mol. The molecule has 1 heterocycles. The van der Waals surface area contributed by atoms with Gasteiger partial charge < -0.3 is 4.74 Å². The van der Waals surface area contributed by atoms with Gasteiger partial charge in [-0.2, -0.15) is 0 Å². The van der Waals surface area contributed by atoms with E-state index in [1.165, 1.54) is 0 Å². The average Bonchev–Trinajstić information content (AvgIpc) is 2.50. The second-order valence-electron chi connectivity index (χ2n) is 6.03. The Labute approximate surface area is 127 Å². The molecule has 0 spiro atoms. The quantitative estimate of drug-likeness (QED) is 0.363. The molecule has 112 valence electrons. The van der Waals surface area contributed by atoms with Gasteiger partial charge in [0.05, 0.1) is 0 Å². The molecule has 3 rings (SSSR count). The highest BCUT2D eigenvalue weighted by atomic mass is 16.5. The summed E-state index contributed by atoms with van der Waals surface area (Å²) in [6, 6.07) is 6.98. The number of hydrogen-bond acceptors (Lipinski definition) is 4. The van der Waals surface area contributed by atoms with E-state index in [1.54, 1.807) is 18.2 Å². The van der Waals surface area contributed by atoms with Crippen molar-refractivity contribution in [2.75, 3.05) is 6.54 Å². The minimum atomic E-state index is -0.583. The molecule has 0 saturated heterocycles. The number of fused-ring (bicyclic) bond motifs is 2. The number of carbonyl (C=O) groups is 2. The van der Waals surface area contributed by atoms with E-state index in [9.17, 15) is 9.59 Å². The number of azide groups is 1. The summed E-state index contributed by atoms with van der Waals surface area (Å²) in [4.78, 5) is 27.4. The van der Waals surface area contributed by atoms with Crippen molar-refractivity contribution in [1.29, 1.82) is 0 Å². The fourth-order valence-corrected chi connectivity index (χ4v) is 2.96. The molecular weight excluding hydrogens is 282 g/mol. The predicted octanol–water partition coefficient (Wildman–Crippen LogP) is 3.29. The minimum absolute atomic E-state index is 0.149. The van der Waals surface area contributed by atoms with Crippen LogP contribution in [0.2, 0.25) is 0 Å². The normalized spacial score (nSPS) is 22.4. The summed E-state index contributed by atoms with van der Waals surface area (Å²) in [6.07, 6.45) is 0.375. The molecule has 0 N–H and O–H groups in total. The van der Waals surface area contributed by atoms with Crippen molar-refractivity contribution in [3.05, 3.63) is 51.4 Å². The topological polar surface area (TPSA) is 92.1 Å². The zero-order valence-corrected chi connectivity index (χ0v) is 12.4. The van der Waals surface area contributed by atoms with Gasteiger partial charge in [0, 0.05) is 34.1 Å². The largest absolute Gasteiger partial charge is 0.486 e. The highest BCUT2D eigenvalue weighted by Gasteiger charge is 2.44. The van der Waals surface area contributed by atoms with E-state index in [0.717, 1.165) is 0 Å². The summed E-state index contributed by atoms with van der Waals surface area (Å²) in [5.41, 5.74) is 9.36. The van der Waals surface area contributed by atoms with Gasteiger partial charge in [-0.15, -0.1) is 0 Å². The van der Waals surface area contributed by atoms with Crippen LogP contribution in [0.3, 0.4) is 0 Å². The Kier molecular flexibility index (Phi) is 3.26. The predicted molar refractivity (Wildman–Crippen MR) is 80.0 cm³/mol. The third-order valence-electron chi connectivity index (χ3n) is 4.33. The van der Waals surface area contributed by atoms with E-state index in [2.05, 4.69) is 10.0 Å². The van der Waals surface area contributed by atoms with Gasteiger partial charge in [-0.1, -0.05) is 29.4 Å². The summed E-state index contributed by atoms with van der Waals surface area (Å²) in [5, 5.41) is 3.60. The molecule has 22 heavy (non-hydrogen) atoms. The second-order valence-corrected chi connectivity index (χ2v) is 6.03. The Morgan fingerprint density at radius 3 is 2.64 bits per heavy atom. The lowest BCUT2D eigenvalue weighted by molar-refractivity contribution is -0.113. The maximum absolute atomic E-state index is 12.4. The number of nitrogens with zero attached hydrogens (tertiary/aromatic N) is 3. The van der Waals surface area contributed by atoms with Crippen molar-refractivity contribution in [3.8, 4) is 0 Å². The molecule has 2 aliphatic rings. The number of rotatable bonds is 2. The molecule has 6 heteroatoms. The van der Waals surface area contributed by atoms with Gasteiger partial charge in [-0.3, -0.25) is 9.59 Å². The summed E-state index contributed by atoms with van der Waals surface area (Å²) in [6.45, 7) is 4.03. The van der Waals surface area contributed by atoms with Crippen LogP contribution in [-0.4, -0.2) is 23.7 Å². The fourth-order valence-electron chi connectivity index (χ4n) is 2.96. The lowest BCUT2D eigenvalue weighted by atomic mass is 9.76. The molecule has 0 amide bonds. The molecule has 6 nitrogen and oxygen atoms in total. The summed E-state index contributed by atoms with van der Waals surface area (Å²) < 4.78 is 6.06. The summed E-state index contributed by atoms with van der Waals surface area (Å²) in [7, 11) is 0. The highest BCUT2D eigenvalue weighted by Crippen LogP contribution is 2.44. The van der Waals surface area contributed by atoms with Crippen LogP contribution >= 0.6 is 0 Å². The SMILES string of the molecule is CC1(C)OC2=C(CC1CN=[N+]=[N-])C(=O)C(=O)c1ccccc12. The highest BCUT2D eigenvalue weighted by molar-refractivity contribution is 6.52. The van der Waals surface area contributed by atoms with Gasteiger partial charge in [-0.25, -0.2) is 0 Å². The number of allylic oxidation sites excluding steroid dienone is 1. The molecular formula is C16H15N3O3. The standard InChI is InChI=1S/C16H15N3O3/c1-16(2)9(8-18-19-17)7-12-14(21)13(20)10-5-3-4-6-11(10)15(12)22-16/h3-6,9H,7-8H2,1-2H3. The zero-order valence-electron chi connectivity index (χ0n) is 12.4. The van der Waals surface area contributed by atoms with Crippen LogP contribution in [0.5, 0.6) is 0 Å². The Bertz CT molecular complexity index is 758. The summed E-state index contributed by atoms with van der Waals surface area (Å²) in [5.74, 6) is -0.679. The molecule has 0 saturated carbocycles. The second kappa shape index (κ2) is 5.00. The van der Waals surface area contributed by atoms with Crippen LogP contribution in [0.25, 0.3) is 16.2 Å². The van der Waals surface area contributed by atoms with Crippen LogP contribution in [0.15, 0.2) is 35.0 Å². The molecule has 0 aromatic heterocycles. The summed E-state index contributed by atoms with van der Waals surface area (Å²) >= 11 is 0. The van der Waals surface area contributed by atoms with E-state index in [0.29, 0.717) is 28.9 Å². The monoisotopic (exact) mass is 297 g/mol. The van der Waals surface area contributed by atoms with Gasteiger partial charge in [0.15, 0.2) is 0 Å². The van der Waals surface area contributed by atoms with Crippen molar-refractivity contribution in [3.63, 3.8) is 0 Å². The molecule has 1 aromatic rings. The Hall–Kier alpha value is -2.59. The molecule has 1 aromatic carbocycles. The Morgan fingerprint density at radius 1 is 1.27 bits per heavy atom. The van der Waals surface area contributed by atoms with E-state index < -0.39 is 17.2 Å². The maximum atomic E-state index is 12.4. The first-order valence-corrected chi connectivity index (χ1v) is 7.07. The van der Waals surface area contributed by atoms with Crippen molar-refractivity contribution >= 4 is 17.3 Å². The molecule has 1 unspecified atom stereocenters. The smallest absolute Gasteiger partial charge is 0.234 e.